The van der Waals surface area contributed by atoms with Crippen molar-refractivity contribution in [3.63, 3.8) is 0 Å². The highest BCUT2D eigenvalue weighted by molar-refractivity contribution is 5.22. The molecule has 0 saturated heterocycles. The van der Waals surface area contributed by atoms with E-state index in [2.05, 4.69) is 26.1 Å². The number of halogens is 2. The first-order chi connectivity index (χ1) is 8.35. The zero-order valence-corrected chi connectivity index (χ0v) is 11.7. The summed E-state index contributed by atoms with van der Waals surface area (Å²) >= 11 is 0. The Labute approximate surface area is 109 Å². The van der Waals surface area contributed by atoms with E-state index in [0.717, 1.165) is 25.5 Å². The van der Waals surface area contributed by atoms with Gasteiger partial charge in [-0.2, -0.15) is 0 Å². The minimum absolute atomic E-state index is 0.120. The van der Waals surface area contributed by atoms with Crippen LogP contribution in [0, 0.1) is 17.0 Å². The smallest absolute Gasteiger partial charge is 0.163 e. The Bertz CT molecular complexity index is 383. The van der Waals surface area contributed by atoms with Gasteiger partial charge in [-0.05, 0) is 30.9 Å². The van der Waals surface area contributed by atoms with Crippen LogP contribution in [0.15, 0.2) is 18.2 Å². The third-order valence-corrected chi connectivity index (χ3v) is 2.99. The summed E-state index contributed by atoms with van der Waals surface area (Å²) in [4.78, 5) is 0. The minimum Gasteiger partial charge on any atom is -0.310 e. The quantitative estimate of drug-likeness (QED) is 0.820. The molecule has 1 unspecified atom stereocenters. The predicted molar refractivity (Wildman–Crippen MR) is 71.5 cm³/mol. The van der Waals surface area contributed by atoms with Gasteiger partial charge in [-0.15, -0.1) is 0 Å². The van der Waals surface area contributed by atoms with Gasteiger partial charge in [-0.25, -0.2) is 8.78 Å². The van der Waals surface area contributed by atoms with Gasteiger partial charge in [0, 0.05) is 11.6 Å². The summed E-state index contributed by atoms with van der Waals surface area (Å²) < 4.78 is 27.0. The number of hydrogen-bond acceptors (Lipinski definition) is 1. The molecule has 1 rings (SSSR count). The topological polar surface area (TPSA) is 12.0 Å². The van der Waals surface area contributed by atoms with Crippen LogP contribution in [0.25, 0.3) is 0 Å². The summed E-state index contributed by atoms with van der Waals surface area (Å²) in [5.41, 5.74) is 0.624. The summed E-state index contributed by atoms with van der Waals surface area (Å²) in [7, 11) is 0. The molecular formula is C15H23F2N. The molecule has 0 saturated carbocycles. The molecule has 1 N–H and O–H groups in total. The standard InChI is InChI=1S/C15H23F2N/c1-5-18-13(9-10-15(2,3)4)11-7-6-8-12(16)14(11)17/h6-8,13,18H,5,9-10H2,1-4H3. The third kappa shape index (κ3) is 4.37. The van der Waals surface area contributed by atoms with Gasteiger partial charge in [0.15, 0.2) is 11.6 Å². The number of hydrogen-bond donors (Lipinski definition) is 1. The molecule has 0 aliphatic heterocycles. The van der Waals surface area contributed by atoms with Crippen molar-refractivity contribution in [3.8, 4) is 0 Å². The van der Waals surface area contributed by atoms with Crippen molar-refractivity contribution in [2.24, 2.45) is 5.41 Å². The van der Waals surface area contributed by atoms with Crippen LogP contribution in [0.2, 0.25) is 0 Å². The largest absolute Gasteiger partial charge is 0.310 e. The van der Waals surface area contributed by atoms with Crippen LogP contribution in [-0.2, 0) is 0 Å². The van der Waals surface area contributed by atoms with Gasteiger partial charge >= 0.3 is 0 Å². The SMILES string of the molecule is CCNC(CCC(C)(C)C)c1cccc(F)c1F. The molecule has 1 aromatic rings. The van der Waals surface area contributed by atoms with E-state index >= 15 is 0 Å². The monoisotopic (exact) mass is 255 g/mol. The summed E-state index contributed by atoms with van der Waals surface area (Å²) in [6.07, 6.45) is 1.76. The van der Waals surface area contributed by atoms with Crippen LogP contribution in [0.3, 0.4) is 0 Å². The maximum atomic E-state index is 13.8. The summed E-state index contributed by atoms with van der Waals surface area (Å²) in [6, 6.07) is 4.26. The fourth-order valence-electron chi connectivity index (χ4n) is 1.98. The number of benzene rings is 1. The highest BCUT2D eigenvalue weighted by Crippen LogP contribution is 2.29. The molecule has 0 aliphatic rings. The lowest BCUT2D eigenvalue weighted by atomic mass is 9.87. The molecule has 3 heteroatoms. The zero-order chi connectivity index (χ0) is 13.8. The number of nitrogens with one attached hydrogen (secondary N) is 1. The summed E-state index contributed by atoms with van der Waals surface area (Å²) in [5, 5.41) is 3.23. The Morgan fingerprint density at radius 2 is 1.89 bits per heavy atom. The Hall–Kier alpha value is -0.960. The van der Waals surface area contributed by atoms with E-state index in [1.165, 1.54) is 0 Å². The Morgan fingerprint density at radius 1 is 1.22 bits per heavy atom. The molecule has 1 nitrogen and oxygen atoms in total. The van der Waals surface area contributed by atoms with Gasteiger partial charge in [-0.1, -0.05) is 39.8 Å². The lowest BCUT2D eigenvalue weighted by molar-refractivity contribution is 0.329. The van der Waals surface area contributed by atoms with Crippen LogP contribution < -0.4 is 5.32 Å². The van der Waals surface area contributed by atoms with Crippen LogP contribution in [0.4, 0.5) is 8.78 Å². The Kier molecular flexibility index (Phi) is 5.27. The van der Waals surface area contributed by atoms with Crippen molar-refractivity contribution in [2.75, 3.05) is 6.54 Å². The highest BCUT2D eigenvalue weighted by atomic mass is 19.2. The second-order valence-corrected chi connectivity index (χ2v) is 5.85. The van der Waals surface area contributed by atoms with Crippen molar-refractivity contribution in [1.82, 2.24) is 5.32 Å². The third-order valence-electron chi connectivity index (χ3n) is 2.99. The molecule has 0 heterocycles. The fourth-order valence-corrected chi connectivity index (χ4v) is 1.98. The average molecular weight is 255 g/mol. The van der Waals surface area contributed by atoms with Crippen molar-refractivity contribution in [1.29, 1.82) is 0 Å². The lowest BCUT2D eigenvalue weighted by Crippen LogP contribution is -2.23. The first-order valence-corrected chi connectivity index (χ1v) is 6.52. The molecule has 0 bridgehead atoms. The molecule has 0 radical (unpaired) electrons. The van der Waals surface area contributed by atoms with E-state index in [9.17, 15) is 8.78 Å². The van der Waals surface area contributed by atoms with E-state index in [1.807, 2.05) is 6.92 Å². The molecule has 0 aliphatic carbocycles. The zero-order valence-electron chi connectivity index (χ0n) is 11.7. The van der Waals surface area contributed by atoms with Crippen molar-refractivity contribution in [3.05, 3.63) is 35.4 Å². The van der Waals surface area contributed by atoms with Gasteiger partial charge in [0.2, 0.25) is 0 Å². The van der Waals surface area contributed by atoms with E-state index in [1.54, 1.807) is 12.1 Å². The van der Waals surface area contributed by atoms with Crippen molar-refractivity contribution < 1.29 is 8.78 Å². The Morgan fingerprint density at radius 3 is 2.44 bits per heavy atom. The van der Waals surface area contributed by atoms with Crippen LogP contribution >= 0.6 is 0 Å². The average Bonchev–Trinajstić information content (AvgIpc) is 2.27. The van der Waals surface area contributed by atoms with Crippen molar-refractivity contribution >= 4 is 0 Å². The summed E-state index contributed by atoms with van der Waals surface area (Å²) in [5.74, 6) is -1.50. The molecule has 0 amide bonds. The molecule has 0 aromatic heterocycles. The first-order valence-electron chi connectivity index (χ1n) is 6.52. The fraction of sp³-hybridized carbons (Fsp3) is 0.600. The molecular weight excluding hydrogens is 232 g/mol. The van der Waals surface area contributed by atoms with Gasteiger partial charge < -0.3 is 5.32 Å². The van der Waals surface area contributed by atoms with Gasteiger partial charge in [0.05, 0.1) is 0 Å². The molecule has 1 atom stereocenters. The van der Waals surface area contributed by atoms with Crippen LogP contribution in [0.5, 0.6) is 0 Å². The van der Waals surface area contributed by atoms with Gasteiger partial charge in [0.1, 0.15) is 0 Å². The Balaban J connectivity index is 2.87. The number of rotatable bonds is 5. The first kappa shape index (κ1) is 15.1. The normalized spacial score (nSPS) is 13.7. The maximum Gasteiger partial charge on any atom is 0.163 e. The second kappa shape index (κ2) is 6.28. The molecule has 1 aromatic carbocycles. The van der Waals surface area contributed by atoms with E-state index in [-0.39, 0.29) is 11.5 Å². The molecule has 102 valence electrons. The molecule has 0 fully saturated rings. The van der Waals surface area contributed by atoms with Gasteiger partial charge in [0.25, 0.3) is 0 Å². The second-order valence-electron chi connectivity index (χ2n) is 5.85. The lowest BCUT2D eigenvalue weighted by Gasteiger charge is -2.24. The van der Waals surface area contributed by atoms with E-state index in [4.69, 9.17) is 0 Å². The maximum absolute atomic E-state index is 13.8. The van der Waals surface area contributed by atoms with Crippen LogP contribution in [0.1, 0.15) is 52.1 Å². The van der Waals surface area contributed by atoms with Crippen LogP contribution in [-0.4, -0.2) is 6.54 Å². The predicted octanol–water partition coefficient (Wildman–Crippen LogP) is 4.44. The highest BCUT2D eigenvalue weighted by Gasteiger charge is 2.20. The van der Waals surface area contributed by atoms with Gasteiger partial charge in [-0.3, -0.25) is 0 Å². The van der Waals surface area contributed by atoms with E-state index in [0.29, 0.717) is 5.56 Å². The van der Waals surface area contributed by atoms with E-state index < -0.39 is 11.6 Å². The van der Waals surface area contributed by atoms with Crippen molar-refractivity contribution in [2.45, 2.75) is 46.6 Å². The molecule has 18 heavy (non-hydrogen) atoms. The molecule has 0 spiro atoms. The summed E-state index contributed by atoms with van der Waals surface area (Å²) in [6.45, 7) is 9.17. The minimum atomic E-state index is -0.772.